The van der Waals surface area contributed by atoms with E-state index < -0.39 is 29.6 Å². The average Bonchev–Trinajstić information content (AvgIpc) is 2.13. The Bertz CT molecular complexity index is 407. The Labute approximate surface area is 93.6 Å². The van der Waals surface area contributed by atoms with Crippen molar-refractivity contribution in [2.45, 2.75) is 19.3 Å². The molecule has 0 aliphatic heterocycles. The Balaban J connectivity index is 3.26. The molecule has 0 amide bonds. The van der Waals surface area contributed by atoms with Crippen LogP contribution in [0.4, 0.5) is 26.3 Å². The van der Waals surface area contributed by atoms with Crippen LogP contribution in [0.2, 0.25) is 0 Å². The molecule has 94 valence electrons. The lowest BCUT2D eigenvalue weighted by molar-refractivity contribution is -0.0911. The predicted octanol–water partition coefficient (Wildman–Crippen LogP) is 4.50. The van der Waals surface area contributed by atoms with Gasteiger partial charge in [-0.2, -0.15) is 26.3 Å². The van der Waals surface area contributed by atoms with Crippen LogP contribution < -0.4 is 0 Å². The molecule has 0 atom stereocenters. The van der Waals surface area contributed by atoms with E-state index in [4.69, 9.17) is 0 Å². The predicted molar refractivity (Wildman–Crippen MR) is 51.3 cm³/mol. The fourth-order valence-corrected chi connectivity index (χ4v) is 1.23. The third-order valence-corrected chi connectivity index (χ3v) is 1.98. The second kappa shape index (κ2) is 4.43. The molecule has 0 aromatic heterocycles. The SMILES string of the molecule is Cc1ccc(/C(=C\C(F)(F)F)C(F)(F)F)cc1. The maximum absolute atomic E-state index is 12.5. The molecule has 0 bridgehead atoms. The number of halogens is 6. The molecule has 0 radical (unpaired) electrons. The van der Waals surface area contributed by atoms with E-state index in [1.165, 1.54) is 12.1 Å². The zero-order valence-electron chi connectivity index (χ0n) is 8.65. The monoisotopic (exact) mass is 254 g/mol. The van der Waals surface area contributed by atoms with E-state index in [9.17, 15) is 26.3 Å². The quantitative estimate of drug-likeness (QED) is 0.647. The first-order valence-electron chi connectivity index (χ1n) is 4.53. The zero-order chi connectivity index (χ0) is 13.3. The van der Waals surface area contributed by atoms with Gasteiger partial charge in [0.25, 0.3) is 0 Å². The lowest BCUT2D eigenvalue weighted by Gasteiger charge is -2.13. The van der Waals surface area contributed by atoms with Crippen LogP contribution in [0.5, 0.6) is 0 Å². The highest BCUT2D eigenvalue weighted by Gasteiger charge is 2.39. The Morgan fingerprint density at radius 1 is 0.941 bits per heavy atom. The Morgan fingerprint density at radius 2 is 1.41 bits per heavy atom. The molecule has 0 heterocycles. The van der Waals surface area contributed by atoms with Gasteiger partial charge in [-0.05, 0) is 12.5 Å². The third kappa shape index (κ3) is 4.13. The number of hydrogen-bond acceptors (Lipinski definition) is 0. The van der Waals surface area contributed by atoms with Gasteiger partial charge in [0.15, 0.2) is 0 Å². The average molecular weight is 254 g/mol. The van der Waals surface area contributed by atoms with Gasteiger partial charge in [-0.25, -0.2) is 0 Å². The second-order valence-electron chi connectivity index (χ2n) is 3.46. The first kappa shape index (κ1) is 13.6. The number of hydrogen-bond donors (Lipinski definition) is 0. The van der Waals surface area contributed by atoms with Crippen molar-refractivity contribution in [2.75, 3.05) is 0 Å². The smallest absolute Gasteiger partial charge is 0.167 e. The number of allylic oxidation sites excluding steroid dienone is 2. The maximum Gasteiger partial charge on any atom is 0.417 e. The molecule has 0 unspecified atom stereocenters. The van der Waals surface area contributed by atoms with Crippen molar-refractivity contribution < 1.29 is 26.3 Å². The van der Waals surface area contributed by atoms with E-state index in [1.807, 2.05) is 0 Å². The largest absolute Gasteiger partial charge is 0.417 e. The number of rotatable bonds is 1. The van der Waals surface area contributed by atoms with Crippen molar-refractivity contribution in [1.29, 1.82) is 0 Å². The zero-order valence-corrected chi connectivity index (χ0v) is 8.65. The van der Waals surface area contributed by atoms with Crippen LogP contribution in [0.25, 0.3) is 5.57 Å². The Morgan fingerprint density at radius 3 is 1.76 bits per heavy atom. The lowest BCUT2D eigenvalue weighted by atomic mass is 10.0. The highest BCUT2D eigenvalue weighted by atomic mass is 19.4. The Kier molecular flexibility index (Phi) is 3.54. The van der Waals surface area contributed by atoms with E-state index in [0.717, 1.165) is 12.1 Å². The van der Waals surface area contributed by atoms with Crippen LogP contribution >= 0.6 is 0 Å². The Hall–Kier alpha value is -1.46. The summed E-state index contributed by atoms with van der Waals surface area (Å²) in [6.45, 7) is 1.63. The minimum absolute atomic E-state index is 0.500. The van der Waals surface area contributed by atoms with Crippen molar-refractivity contribution in [2.24, 2.45) is 0 Å². The minimum atomic E-state index is -5.04. The fourth-order valence-electron chi connectivity index (χ4n) is 1.23. The van der Waals surface area contributed by atoms with Crippen molar-refractivity contribution in [3.63, 3.8) is 0 Å². The van der Waals surface area contributed by atoms with Crippen LogP contribution in [-0.2, 0) is 0 Å². The summed E-state index contributed by atoms with van der Waals surface area (Å²) >= 11 is 0. The number of benzene rings is 1. The van der Waals surface area contributed by atoms with Crippen molar-refractivity contribution in [3.05, 3.63) is 41.5 Å². The van der Waals surface area contributed by atoms with Crippen LogP contribution in [0.1, 0.15) is 11.1 Å². The molecule has 6 heteroatoms. The molecule has 0 aliphatic carbocycles. The number of alkyl halides is 6. The van der Waals surface area contributed by atoms with Crippen molar-refractivity contribution in [3.8, 4) is 0 Å². The van der Waals surface area contributed by atoms with Crippen LogP contribution in [0, 0.1) is 6.92 Å². The molecule has 1 aromatic rings. The van der Waals surface area contributed by atoms with Gasteiger partial charge in [-0.1, -0.05) is 29.8 Å². The molecule has 0 saturated carbocycles. The first-order valence-corrected chi connectivity index (χ1v) is 4.53. The van der Waals surface area contributed by atoms with E-state index in [2.05, 4.69) is 0 Å². The second-order valence-corrected chi connectivity index (χ2v) is 3.46. The third-order valence-electron chi connectivity index (χ3n) is 1.98. The van der Waals surface area contributed by atoms with Crippen molar-refractivity contribution in [1.82, 2.24) is 0 Å². The highest BCUT2D eigenvalue weighted by molar-refractivity contribution is 5.70. The van der Waals surface area contributed by atoms with Gasteiger partial charge < -0.3 is 0 Å². The molecular formula is C11H8F6. The number of aryl methyl sites for hydroxylation is 1. The van der Waals surface area contributed by atoms with Gasteiger partial charge >= 0.3 is 12.4 Å². The topological polar surface area (TPSA) is 0 Å². The van der Waals surface area contributed by atoms with Crippen LogP contribution in [0.15, 0.2) is 30.3 Å². The summed E-state index contributed by atoms with van der Waals surface area (Å²) in [5.41, 5.74) is -1.52. The molecule has 0 saturated heterocycles. The molecule has 0 N–H and O–H groups in total. The molecule has 0 spiro atoms. The molecule has 0 fully saturated rings. The first-order chi connectivity index (χ1) is 7.59. The molecule has 0 nitrogen and oxygen atoms in total. The van der Waals surface area contributed by atoms with E-state index in [1.54, 1.807) is 6.92 Å². The summed E-state index contributed by atoms with van der Waals surface area (Å²) in [5, 5.41) is 0. The van der Waals surface area contributed by atoms with Gasteiger partial charge in [0.1, 0.15) is 0 Å². The lowest BCUT2D eigenvalue weighted by Crippen LogP contribution is -2.15. The molecule has 17 heavy (non-hydrogen) atoms. The molecule has 1 rings (SSSR count). The van der Waals surface area contributed by atoms with Crippen LogP contribution in [0.3, 0.4) is 0 Å². The summed E-state index contributed by atoms with van der Waals surface area (Å²) in [5.74, 6) is 0. The van der Waals surface area contributed by atoms with E-state index >= 15 is 0 Å². The molecule has 0 aliphatic rings. The standard InChI is InChI=1S/C11H8F6/c1-7-2-4-8(5-3-7)9(11(15,16)17)6-10(12,13)14/h2-6H,1H3/b9-6+. The minimum Gasteiger partial charge on any atom is -0.167 e. The van der Waals surface area contributed by atoms with Crippen LogP contribution in [-0.4, -0.2) is 12.4 Å². The van der Waals surface area contributed by atoms with Gasteiger partial charge in [0.2, 0.25) is 0 Å². The van der Waals surface area contributed by atoms with E-state index in [0.29, 0.717) is 5.56 Å². The maximum atomic E-state index is 12.5. The van der Waals surface area contributed by atoms with Gasteiger partial charge in [-0.15, -0.1) is 0 Å². The highest BCUT2D eigenvalue weighted by Crippen LogP contribution is 2.36. The van der Waals surface area contributed by atoms with Gasteiger partial charge in [0, 0.05) is 6.08 Å². The van der Waals surface area contributed by atoms with Crippen molar-refractivity contribution >= 4 is 5.57 Å². The fraction of sp³-hybridized carbons (Fsp3) is 0.273. The molecular weight excluding hydrogens is 246 g/mol. The summed E-state index contributed by atoms with van der Waals surface area (Å²) < 4.78 is 73.5. The summed E-state index contributed by atoms with van der Waals surface area (Å²) in [7, 11) is 0. The van der Waals surface area contributed by atoms with Gasteiger partial charge in [0.05, 0.1) is 5.57 Å². The van der Waals surface area contributed by atoms with Gasteiger partial charge in [-0.3, -0.25) is 0 Å². The summed E-state index contributed by atoms with van der Waals surface area (Å²) in [6, 6.07) is 4.68. The summed E-state index contributed by atoms with van der Waals surface area (Å²) in [6.07, 6.45) is -10.8. The summed E-state index contributed by atoms with van der Waals surface area (Å²) in [4.78, 5) is 0. The normalized spacial score (nSPS) is 13.9. The molecule has 1 aromatic carbocycles. The van der Waals surface area contributed by atoms with E-state index in [-0.39, 0.29) is 0 Å².